The van der Waals surface area contributed by atoms with Crippen molar-refractivity contribution in [1.82, 2.24) is 5.32 Å². The van der Waals surface area contributed by atoms with E-state index in [9.17, 15) is 4.79 Å². The minimum absolute atomic E-state index is 0.0292. The van der Waals surface area contributed by atoms with Gasteiger partial charge in [0.25, 0.3) is 5.91 Å². The number of amides is 1. The van der Waals surface area contributed by atoms with Gasteiger partial charge in [-0.3, -0.25) is 4.79 Å². The molecule has 1 amide bonds. The largest absolute Gasteiger partial charge is 0.494 e. The molecule has 0 saturated carbocycles. The molecule has 0 aliphatic rings. The number of rotatable bonds is 7. The quantitative estimate of drug-likeness (QED) is 0.697. The number of carbonyl (C=O) groups excluding carboxylic acids is 1. The van der Waals surface area contributed by atoms with Crippen LogP contribution < -0.4 is 14.8 Å². The fourth-order valence-corrected chi connectivity index (χ4v) is 2.88. The van der Waals surface area contributed by atoms with E-state index in [4.69, 9.17) is 9.47 Å². The van der Waals surface area contributed by atoms with Gasteiger partial charge in [0.05, 0.1) is 11.1 Å². The second-order valence-corrected chi connectivity index (χ2v) is 7.90. The molecule has 0 radical (unpaired) electrons. The maximum absolute atomic E-state index is 12.1. The van der Waals surface area contributed by atoms with Gasteiger partial charge in [-0.1, -0.05) is 39.0 Å². The molecular formula is C21H26BrNO3. The van der Waals surface area contributed by atoms with Crippen molar-refractivity contribution in [3.63, 3.8) is 0 Å². The van der Waals surface area contributed by atoms with Crippen molar-refractivity contribution in [1.29, 1.82) is 0 Å². The van der Waals surface area contributed by atoms with E-state index in [1.54, 1.807) is 0 Å². The lowest BCUT2D eigenvalue weighted by Crippen LogP contribution is -2.28. The van der Waals surface area contributed by atoms with Crippen LogP contribution in [0.15, 0.2) is 46.9 Å². The molecule has 5 heteroatoms. The molecule has 0 aliphatic heterocycles. The molecule has 1 N–H and O–H groups in total. The van der Waals surface area contributed by atoms with Crippen LogP contribution in [0, 0.1) is 0 Å². The van der Waals surface area contributed by atoms with Crippen molar-refractivity contribution >= 4 is 21.8 Å². The fourth-order valence-electron chi connectivity index (χ4n) is 2.39. The highest BCUT2D eigenvalue weighted by Gasteiger charge is 2.15. The number of ether oxygens (including phenoxy) is 2. The van der Waals surface area contributed by atoms with E-state index in [-0.39, 0.29) is 17.9 Å². The van der Waals surface area contributed by atoms with E-state index in [1.165, 1.54) is 5.56 Å². The lowest BCUT2D eigenvalue weighted by atomic mass is 9.87. The third kappa shape index (κ3) is 6.06. The zero-order chi connectivity index (χ0) is 19.2. The number of benzene rings is 2. The molecule has 0 aliphatic carbocycles. The van der Waals surface area contributed by atoms with Crippen LogP contribution in [0.2, 0.25) is 0 Å². The topological polar surface area (TPSA) is 47.6 Å². The van der Waals surface area contributed by atoms with Gasteiger partial charge in [0.2, 0.25) is 0 Å². The Morgan fingerprint density at radius 3 is 2.54 bits per heavy atom. The van der Waals surface area contributed by atoms with Crippen molar-refractivity contribution in [3.8, 4) is 11.5 Å². The van der Waals surface area contributed by atoms with Crippen LogP contribution in [-0.2, 0) is 16.8 Å². The Hall–Kier alpha value is -2.01. The third-order valence-corrected chi connectivity index (χ3v) is 4.48. The smallest absolute Gasteiger partial charge is 0.258 e. The summed E-state index contributed by atoms with van der Waals surface area (Å²) in [5.41, 5.74) is 2.25. The zero-order valence-electron chi connectivity index (χ0n) is 15.8. The summed E-state index contributed by atoms with van der Waals surface area (Å²) in [6.07, 6.45) is 0. The molecule has 26 heavy (non-hydrogen) atoms. The summed E-state index contributed by atoms with van der Waals surface area (Å²) in [6.45, 7) is 9.44. The highest BCUT2D eigenvalue weighted by atomic mass is 79.9. The molecular weight excluding hydrogens is 394 g/mol. The standard InChI is InChI=1S/C21H26BrNO3/c1-5-25-17-8-6-7-15(11-17)13-23-20(24)14-26-19-10-9-16(12-18(19)22)21(2,3)4/h6-12H,5,13-14H2,1-4H3,(H,23,24). The van der Waals surface area contributed by atoms with E-state index in [0.717, 1.165) is 15.8 Å². The predicted molar refractivity (Wildman–Crippen MR) is 108 cm³/mol. The highest BCUT2D eigenvalue weighted by Crippen LogP contribution is 2.31. The van der Waals surface area contributed by atoms with Crippen molar-refractivity contribution in [3.05, 3.63) is 58.1 Å². The van der Waals surface area contributed by atoms with Gasteiger partial charge in [0.15, 0.2) is 6.61 Å². The van der Waals surface area contributed by atoms with E-state index in [0.29, 0.717) is 18.9 Å². The van der Waals surface area contributed by atoms with Crippen LogP contribution in [0.3, 0.4) is 0 Å². The number of hydrogen-bond acceptors (Lipinski definition) is 3. The fraction of sp³-hybridized carbons (Fsp3) is 0.381. The Morgan fingerprint density at radius 1 is 1.12 bits per heavy atom. The Morgan fingerprint density at radius 2 is 1.88 bits per heavy atom. The van der Waals surface area contributed by atoms with Gasteiger partial charge in [-0.25, -0.2) is 0 Å². The average molecular weight is 420 g/mol. The van der Waals surface area contributed by atoms with Gasteiger partial charge < -0.3 is 14.8 Å². The first kappa shape index (κ1) is 20.3. The van der Waals surface area contributed by atoms with Gasteiger partial charge in [-0.2, -0.15) is 0 Å². The summed E-state index contributed by atoms with van der Waals surface area (Å²) in [7, 11) is 0. The SMILES string of the molecule is CCOc1cccc(CNC(=O)COc2ccc(C(C)(C)C)cc2Br)c1. The number of carbonyl (C=O) groups is 1. The summed E-state index contributed by atoms with van der Waals surface area (Å²) in [6, 6.07) is 13.6. The highest BCUT2D eigenvalue weighted by molar-refractivity contribution is 9.10. The van der Waals surface area contributed by atoms with E-state index >= 15 is 0 Å². The molecule has 2 rings (SSSR count). The van der Waals surface area contributed by atoms with Crippen LogP contribution in [0.1, 0.15) is 38.8 Å². The maximum atomic E-state index is 12.1. The Balaban J connectivity index is 1.86. The average Bonchev–Trinajstić information content (AvgIpc) is 2.58. The monoisotopic (exact) mass is 419 g/mol. The molecule has 0 heterocycles. The summed E-state index contributed by atoms with van der Waals surface area (Å²) in [4.78, 5) is 12.1. The van der Waals surface area contributed by atoms with Gasteiger partial charge in [-0.15, -0.1) is 0 Å². The minimum atomic E-state index is -0.168. The number of nitrogens with one attached hydrogen (secondary N) is 1. The summed E-state index contributed by atoms with van der Waals surface area (Å²) in [5, 5.41) is 2.86. The summed E-state index contributed by atoms with van der Waals surface area (Å²) in [5.74, 6) is 1.29. The Labute approximate surface area is 164 Å². The molecule has 140 valence electrons. The van der Waals surface area contributed by atoms with Crippen molar-refractivity contribution in [2.24, 2.45) is 0 Å². The molecule has 0 saturated heterocycles. The van der Waals surface area contributed by atoms with Gasteiger partial charge >= 0.3 is 0 Å². The summed E-state index contributed by atoms with van der Waals surface area (Å²) < 4.78 is 11.9. The van der Waals surface area contributed by atoms with Gasteiger partial charge in [0.1, 0.15) is 11.5 Å². The molecule has 0 unspecified atom stereocenters. The lowest BCUT2D eigenvalue weighted by Gasteiger charge is -2.20. The first-order chi connectivity index (χ1) is 12.3. The van der Waals surface area contributed by atoms with Crippen LogP contribution >= 0.6 is 15.9 Å². The number of hydrogen-bond donors (Lipinski definition) is 1. The van der Waals surface area contributed by atoms with Gasteiger partial charge in [-0.05, 0) is 63.7 Å². The second-order valence-electron chi connectivity index (χ2n) is 7.04. The predicted octanol–water partition coefficient (Wildman–Crippen LogP) is 4.84. The summed E-state index contributed by atoms with van der Waals surface area (Å²) >= 11 is 3.52. The van der Waals surface area contributed by atoms with Crippen LogP contribution in [-0.4, -0.2) is 19.1 Å². The Bertz CT molecular complexity index is 753. The van der Waals surface area contributed by atoms with E-state index in [1.807, 2.05) is 49.4 Å². The first-order valence-electron chi connectivity index (χ1n) is 8.71. The third-order valence-electron chi connectivity index (χ3n) is 3.86. The maximum Gasteiger partial charge on any atom is 0.258 e. The van der Waals surface area contributed by atoms with E-state index < -0.39 is 0 Å². The minimum Gasteiger partial charge on any atom is -0.494 e. The zero-order valence-corrected chi connectivity index (χ0v) is 17.4. The van der Waals surface area contributed by atoms with Crippen LogP contribution in [0.25, 0.3) is 0 Å². The Kier molecular flexibility index (Phi) is 7.09. The molecule has 2 aromatic carbocycles. The van der Waals surface area contributed by atoms with Crippen molar-refractivity contribution < 1.29 is 14.3 Å². The van der Waals surface area contributed by atoms with Gasteiger partial charge in [0, 0.05) is 6.54 Å². The first-order valence-corrected chi connectivity index (χ1v) is 9.50. The normalized spacial score (nSPS) is 11.1. The molecule has 0 bridgehead atoms. The molecule has 0 spiro atoms. The molecule has 0 atom stereocenters. The molecule has 0 aromatic heterocycles. The molecule has 0 fully saturated rings. The van der Waals surface area contributed by atoms with Crippen molar-refractivity contribution in [2.75, 3.05) is 13.2 Å². The molecule has 2 aromatic rings. The number of halogens is 1. The van der Waals surface area contributed by atoms with Crippen LogP contribution in [0.4, 0.5) is 0 Å². The molecule has 4 nitrogen and oxygen atoms in total. The second kappa shape index (κ2) is 9.08. The van der Waals surface area contributed by atoms with Crippen LogP contribution in [0.5, 0.6) is 11.5 Å². The lowest BCUT2D eigenvalue weighted by molar-refractivity contribution is -0.123. The van der Waals surface area contributed by atoms with E-state index in [2.05, 4.69) is 42.0 Å². The van der Waals surface area contributed by atoms with Crippen molar-refractivity contribution in [2.45, 2.75) is 39.7 Å².